The van der Waals surface area contributed by atoms with Crippen molar-refractivity contribution < 1.29 is 4.79 Å². The summed E-state index contributed by atoms with van der Waals surface area (Å²) in [5.74, 6) is 0.568. The molecule has 3 aliphatic rings. The van der Waals surface area contributed by atoms with Crippen LogP contribution in [0.1, 0.15) is 118 Å². The molecule has 3 fully saturated rings. The molecule has 0 aromatic carbocycles. The van der Waals surface area contributed by atoms with Gasteiger partial charge in [0.1, 0.15) is 13.5 Å². The maximum atomic E-state index is 13.4. The zero-order valence-electron chi connectivity index (χ0n) is 19.1. The molecule has 1 saturated heterocycles. The summed E-state index contributed by atoms with van der Waals surface area (Å²) in [5.41, 5.74) is 2.90. The Kier molecular flexibility index (Phi) is 7.38. The van der Waals surface area contributed by atoms with Gasteiger partial charge in [0, 0.05) is 35.8 Å². The van der Waals surface area contributed by atoms with Gasteiger partial charge in [-0.05, 0) is 50.7 Å². The van der Waals surface area contributed by atoms with E-state index in [1.165, 1.54) is 89.2 Å². The second kappa shape index (κ2) is 10.2. The lowest BCUT2D eigenvalue weighted by Crippen LogP contribution is -2.49. The van der Waals surface area contributed by atoms with Crippen molar-refractivity contribution >= 4 is 19.4 Å². The third kappa shape index (κ3) is 5.59. The van der Waals surface area contributed by atoms with Gasteiger partial charge in [-0.25, -0.2) is 4.98 Å². The fourth-order valence-electron chi connectivity index (χ4n) is 5.74. The maximum absolute atomic E-state index is 13.4. The molecule has 0 bridgehead atoms. The minimum absolute atomic E-state index is 0.0369. The summed E-state index contributed by atoms with van der Waals surface area (Å²) in [4.78, 5) is 20.8. The van der Waals surface area contributed by atoms with Crippen molar-refractivity contribution in [2.75, 3.05) is 18.0 Å². The number of hydrogen-bond donors (Lipinski definition) is 1. The minimum Gasteiger partial charge on any atom is -0.371 e. The minimum atomic E-state index is -0.104. The van der Waals surface area contributed by atoms with Crippen LogP contribution in [0.25, 0.3) is 0 Å². The number of nitrogens with one attached hydrogen (secondary N) is 1. The smallest absolute Gasteiger partial charge is 0.269 e. The van der Waals surface area contributed by atoms with E-state index in [0.29, 0.717) is 11.6 Å². The number of nitrogens with zero attached hydrogens (tertiary/aromatic N) is 2. The lowest BCUT2D eigenvalue weighted by atomic mass is 9.69. The molecule has 1 N–H and O–H groups in total. The maximum Gasteiger partial charge on any atom is 0.269 e. The molecule has 0 radical (unpaired) electrons. The van der Waals surface area contributed by atoms with E-state index in [0.717, 1.165) is 31.6 Å². The summed E-state index contributed by atoms with van der Waals surface area (Å²) in [6.07, 6.45) is 18.8. The number of carbonyl (C=O) groups is 1. The first kappa shape index (κ1) is 21.7. The van der Waals surface area contributed by atoms with Crippen molar-refractivity contribution in [1.82, 2.24) is 10.3 Å². The molecule has 2 heterocycles. The van der Waals surface area contributed by atoms with E-state index in [2.05, 4.69) is 30.2 Å². The van der Waals surface area contributed by atoms with Crippen molar-refractivity contribution in [3.05, 3.63) is 23.5 Å². The third-order valence-electron chi connectivity index (χ3n) is 7.68. The first-order valence-corrected chi connectivity index (χ1v) is 12.7. The van der Waals surface area contributed by atoms with Gasteiger partial charge in [0.25, 0.3) is 5.91 Å². The topological polar surface area (TPSA) is 45.2 Å². The van der Waals surface area contributed by atoms with Gasteiger partial charge in [-0.15, -0.1) is 0 Å². The molecule has 0 spiro atoms. The van der Waals surface area contributed by atoms with Crippen LogP contribution in [-0.4, -0.2) is 37.3 Å². The summed E-state index contributed by atoms with van der Waals surface area (Å²) in [5, 5.41) is 3.44. The highest BCUT2D eigenvalue weighted by atomic mass is 16.2. The molecule has 4 nitrogen and oxygen atoms in total. The van der Waals surface area contributed by atoms with Crippen molar-refractivity contribution in [3.8, 4) is 0 Å². The van der Waals surface area contributed by atoms with E-state index in [1.54, 1.807) is 0 Å². The molecule has 2 aliphatic carbocycles. The molecule has 2 saturated carbocycles. The van der Waals surface area contributed by atoms with Crippen LogP contribution in [0.2, 0.25) is 0 Å². The highest BCUT2D eigenvalue weighted by molar-refractivity contribution is 6.17. The Hall–Kier alpha value is -1.52. The molecule has 5 heteroatoms. The van der Waals surface area contributed by atoms with Crippen LogP contribution in [-0.2, 0) is 0 Å². The summed E-state index contributed by atoms with van der Waals surface area (Å²) in [7, 11) is 2.26. The molecule has 30 heavy (non-hydrogen) atoms. The van der Waals surface area contributed by atoms with Crippen LogP contribution in [0.15, 0.2) is 12.1 Å². The average molecular weight is 409 g/mol. The van der Waals surface area contributed by atoms with Crippen molar-refractivity contribution in [2.24, 2.45) is 0 Å². The molecule has 164 valence electrons. The van der Waals surface area contributed by atoms with Crippen LogP contribution >= 0.6 is 0 Å². The molecule has 1 aromatic heterocycles. The molecule has 0 unspecified atom stereocenters. The van der Waals surface area contributed by atoms with Gasteiger partial charge in [-0.3, -0.25) is 4.79 Å². The van der Waals surface area contributed by atoms with Crippen LogP contribution in [0.4, 0.5) is 5.69 Å². The number of rotatable bonds is 4. The Morgan fingerprint density at radius 3 is 2.13 bits per heavy atom. The van der Waals surface area contributed by atoms with E-state index in [4.69, 9.17) is 4.98 Å². The van der Waals surface area contributed by atoms with E-state index in [-0.39, 0.29) is 11.3 Å². The molecule has 1 aliphatic heterocycles. The second-order valence-electron chi connectivity index (χ2n) is 10.3. The molecular formula is C25H40BN3O. The first-order chi connectivity index (χ1) is 14.6. The Morgan fingerprint density at radius 2 is 1.50 bits per heavy atom. The lowest BCUT2D eigenvalue weighted by molar-refractivity contribution is 0.0913. The van der Waals surface area contributed by atoms with Gasteiger partial charge in [-0.2, -0.15) is 0 Å². The number of anilines is 1. The SMILES string of the molecule is BC1(NC(=O)c2cc(N3CCCC3)cc(C3CCCC3)n2)CCCCCCCCC1. The van der Waals surface area contributed by atoms with Crippen molar-refractivity contribution in [3.63, 3.8) is 0 Å². The number of carbonyl (C=O) groups excluding carboxylic acids is 1. The number of hydrogen-bond acceptors (Lipinski definition) is 3. The summed E-state index contributed by atoms with van der Waals surface area (Å²) < 4.78 is 0. The third-order valence-corrected chi connectivity index (χ3v) is 7.68. The highest BCUT2D eigenvalue weighted by Crippen LogP contribution is 2.35. The Balaban J connectivity index is 1.53. The highest BCUT2D eigenvalue weighted by Gasteiger charge is 2.28. The molecular weight excluding hydrogens is 369 g/mol. The van der Waals surface area contributed by atoms with Gasteiger partial charge in [0.15, 0.2) is 0 Å². The predicted octanol–water partition coefficient (Wildman–Crippen LogP) is 4.92. The Bertz CT molecular complexity index is 666. The summed E-state index contributed by atoms with van der Waals surface area (Å²) >= 11 is 0. The molecule has 1 amide bonds. The fraction of sp³-hybridized carbons (Fsp3) is 0.760. The molecule has 0 atom stereocenters. The zero-order valence-corrected chi connectivity index (χ0v) is 19.1. The van der Waals surface area contributed by atoms with Crippen LogP contribution < -0.4 is 10.2 Å². The fourth-order valence-corrected chi connectivity index (χ4v) is 5.74. The van der Waals surface area contributed by atoms with Crippen LogP contribution in [0.3, 0.4) is 0 Å². The quantitative estimate of drug-likeness (QED) is 0.718. The normalized spacial score (nSPS) is 23.4. The Labute approximate surface area is 184 Å². The molecule has 1 aromatic rings. The van der Waals surface area contributed by atoms with E-state index >= 15 is 0 Å². The Morgan fingerprint density at radius 1 is 0.900 bits per heavy atom. The monoisotopic (exact) mass is 409 g/mol. The predicted molar refractivity (Wildman–Crippen MR) is 127 cm³/mol. The van der Waals surface area contributed by atoms with E-state index in [9.17, 15) is 4.79 Å². The lowest BCUT2D eigenvalue weighted by Gasteiger charge is -2.32. The van der Waals surface area contributed by atoms with Gasteiger partial charge in [-0.1, -0.05) is 57.8 Å². The average Bonchev–Trinajstić information content (AvgIpc) is 3.46. The molecule has 4 rings (SSSR count). The first-order valence-electron chi connectivity index (χ1n) is 12.7. The van der Waals surface area contributed by atoms with Crippen molar-refractivity contribution in [1.29, 1.82) is 0 Å². The van der Waals surface area contributed by atoms with Gasteiger partial charge in [0.2, 0.25) is 0 Å². The zero-order chi connectivity index (χ0) is 20.8. The van der Waals surface area contributed by atoms with Crippen LogP contribution in [0.5, 0.6) is 0 Å². The van der Waals surface area contributed by atoms with Gasteiger partial charge >= 0.3 is 0 Å². The van der Waals surface area contributed by atoms with Crippen molar-refractivity contribution in [2.45, 2.75) is 108 Å². The van der Waals surface area contributed by atoms with E-state index in [1.807, 2.05) is 0 Å². The largest absolute Gasteiger partial charge is 0.371 e. The standard InChI is InChI=1S/C25H40BN3O/c26-25(14-8-4-2-1-3-5-9-15-25)28-24(30)23-19-21(29-16-10-11-17-29)18-22(27-23)20-12-6-7-13-20/h18-20H,1-17,26H2,(H,28,30). The van der Waals surface area contributed by atoms with Crippen LogP contribution in [0, 0.1) is 0 Å². The summed E-state index contributed by atoms with van der Waals surface area (Å²) in [6.45, 7) is 2.21. The number of pyridine rings is 1. The summed E-state index contributed by atoms with van der Waals surface area (Å²) in [6, 6.07) is 4.34. The second-order valence-corrected chi connectivity index (χ2v) is 10.3. The van der Waals surface area contributed by atoms with E-state index < -0.39 is 0 Å². The van der Waals surface area contributed by atoms with Gasteiger partial charge in [0.05, 0.1) is 0 Å². The number of amides is 1. The van der Waals surface area contributed by atoms with Gasteiger partial charge < -0.3 is 10.2 Å². The number of aromatic nitrogens is 1.